The molecule has 0 atom stereocenters. The molecular formula is C25H26Cl2FN3O3S. The molecule has 186 valence electrons. The number of carbonyl (C=O) groups is 1. The lowest BCUT2D eigenvalue weighted by Crippen LogP contribution is -2.33. The molecule has 1 saturated carbocycles. The van der Waals surface area contributed by atoms with Gasteiger partial charge in [-0.15, -0.1) is 0 Å². The maximum atomic E-state index is 13.4. The predicted molar refractivity (Wildman–Crippen MR) is 134 cm³/mol. The summed E-state index contributed by atoms with van der Waals surface area (Å²) in [5.41, 5.74) is 1.42. The third kappa shape index (κ3) is 6.05. The van der Waals surface area contributed by atoms with Crippen molar-refractivity contribution in [3.8, 4) is 0 Å². The third-order valence-corrected chi connectivity index (χ3v) is 8.00. The summed E-state index contributed by atoms with van der Waals surface area (Å²) in [6, 6.07) is 9.89. The average molecular weight is 538 g/mol. The molecule has 1 aliphatic rings. The predicted octanol–water partition coefficient (Wildman–Crippen LogP) is 5.94. The van der Waals surface area contributed by atoms with Crippen molar-refractivity contribution in [3.63, 3.8) is 0 Å². The quantitative estimate of drug-likeness (QED) is 0.338. The lowest BCUT2D eigenvalue weighted by molar-refractivity contribution is 0.0730. The average Bonchev–Trinajstić information content (AvgIpc) is 3.49. The van der Waals surface area contributed by atoms with Crippen molar-refractivity contribution in [3.05, 3.63) is 81.3 Å². The van der Waals surface area contributed by atoms with Gasteiger partial charge in [0.1, 0.15) is 5.82 Å². The van der Waals surface area contributed by atoms with Gasteiger partial charge in [0.25, 0.3) is 5.91 Å². The summed E-state index contributed by atoms with van der Waals surface area (Å²) in [7, 11) is -3.82. The van der Waals surface area contributed by atoms with Gasteiger partial charge in [0.05, 0.1) is 34.8 Å². The first kappa shape index (κ1) is 25.7. The molecule has 0 N–H and O–H groups in total. The summed E-state index contributed by atoms with van der Waals surface area (Å²) in [6.45, 7) is 4.46. The Balaban J connectivity index is 1.65. The molecule has 0 saturated heterocycles. The summed E-state index contributed by atoms with van der Waals surface area (Å²) >= 11 is 12.3. The first-order valence-electron chi connectivity index (χ1n) is 11.3. The van der Waals surface area contributed by atoms with Crippen LogP contribution in [0.5, 0.6) is 0 Å². The second-order valence-electron chi connectivity index (χ2n) is 9.13. The Morgan fingerprint density at radius 2 is 1.86 bits per heavy atom. The van der Waals surface area contributed by atoms with Crippen LogP contribution in [0.4, 0.5) is 4.39 Å². The smallest absolute Gasteiger partial charge is 0.255 e. The molecule has 10 heteroatoms. The Morgan fingerprint density at radius 1 is 1.17 bits per heavy atom. The number of carbonyl (C=O) groups excluding carboxylic acids is 1. The summed E-state index contributed by atoms with van der Waals surface area (Å²) in [5.74, 6) is -0.576. The standard InChI is InChI=1S/C25H26Cl2FN3O3S/c1-16(2)31-21(12-29-25(31)35(33,34)15-18-5-8-20(28)9-6-18)14-30(13-17-3-4-17)24(32)22-10-7-19(26)11-23(22)27/h5-12,16-17H,3-4,13-15H2,1-2H3. The number of hydrogen-bond acceptors (Lipinski definition) is 4. The SMILES string of the molecule is CC(C)n1c(CN(CC2CC2)C(=O)c2ccc(Cl)cc2Cl)cnc1S(=O)(=O)Cc1ccc(F)cc1. The van der Waals surface area contributed by atoms with E-state index < -0.39 is 15.7 Å². The lowest BCUT2D eigenvalue weighted by atomic mass is 10.1. The molecule has 1 heterocycles. The summed E-state index contributed by atoms with van der Waals surface area (Å²) in [5, 5.41) is 0.632. The highest BCUT2D eigenvalue weighted by Gasteiger charge is 2.31. The fourth-order valence-electron chi connectivity index (χ4n) is 4.00. The van der Waals surface area contributed by atoms with E-state index in [9.17, 15) is 17.6 Å². The van der Waals surface area contributed by atoms with E-state index in [-0.39, 0.29) is 34.4 Å². The van der Waals surface area contributed by atoms with E-state index in [1.807, 2.05) is 13.8 Å². The number of imidazole rings is 1. The molecule has 1 fully saturated rings. The molecule has 4 rings (SSSR count). The number of hydrogen-bond donors (Lipinski definition) is 0. The Labute approximate surface area is 214 Å². The van der Waals surface area contributed by atoms with Gasteiger partial charge in [0.2, 0.25) is 15.0 Å². The first-order valence-corrected chi connectivity index (χ1v) is 13.7. The molecule has 0 radical (unpaired) electrons. The zero-order valence-corrected chi connectivity index (χ0v) is 21.7. The van der Waals surface area contributed by atoms with Crippen LogP contribution in [-0.4, -0.2) is 35.3 Å². The molecule has 3 aromatic rings. The van der Waals surface area contributed by atoms with Gasteiger partial charge in [0.15, 0.2) is 0 Å². The van der Waals surface area contributed by atoms with Crippen molar-refractivity contribution in [2.75, 3.05) is 6.54 Å². The molecule has 2 aromatic carbocycles. The maximum absolute atomic E-state index is 13.4. The topological polar surface area (TPSA) is 72.3 Å². The van der Waals surface area contributed by atoms with Crippen LogP contribution in [0.2, 0.25) is 10.0 Å². The second kappa shape index (κ2) is 10.3. The van der Waals surface area contributed by atoms with E-state index in [1.54, 1.807) is 21.6 Å². The number of nitrogens with zero attached hydrogens (tertiary/aromatic N) is 3. The van der Waals surface area contributed by atoms with E-state index in [0.29, 0.717) is 34.3 Å². The molecule has 1 aliphatic carbocycles. The zero-order chi connectivity index (χ0) is 25.3. The number of amides is 1. The number of sulfone groups is 1. The van der Waals surface area contributed by atoms with Crippen molar-refractivity contribution in [1.29, 1.82) is 0 Å². The Morgan fingerprint density at radius 3 is 2.46 bits per heavy atom. The fourth-order valence-corrected chi connectivity index (χ4v) is 6.09. The zero-order valence-electron chi connectivity index (χ0n) is 19.4. The minimum Gasteiger partial charge on any atom is -0.332 e. The molecule has 0 spiro atoms. The monoisotopic (exact) mass is 537 g/mol. The summed E-state index contributed by atoms with van der Waals surface area (Å²) in [6.07, 6.45) is 3.59. The molecule has 35 heavy (non-hydrogen) atoms. The Bertz CT molecular complexity index is 1340. The van der Waals surface area contributed by atoms with Gasteiger partial charge in [-0.2, -0.15) is 0 Å². The largest absolute Gasteiger partial charge is 0.332 e. The fraction of sp³-hybridized carbons (Fsp3) is 0.360. The normalized spacial score (nSPS) is 13.9. The van der Waals surface area contributed by atoms with Crippen LogP contribution in [-0.2, 0) is 22.1 Å². The van der Waals surface area contributed by atoms with Gasteiger partial charge in [-0.05, 0) is 68.5 Å². The molecular weight excluding hydrogens is 512 g/mol. The van der Waals surface area contributed by atoms with Crippen LogP contribution in [0.15, 0.2) is 53.8 Å². The Hall–Kier alpha value is -2.42. The highest BCUT2D eigenvalue weighted by atomic mass is 35.5. The van der Waals surface area contributed by atoms with Crippen molar-refractivity contribution in [2.24, 2.45) is 5.92 Å². The minimum atomic E-state index is -3.82. The minimum absolute atomic E-state index is 0.0739. The second-order valence-corrected chi connectivity index (χ2v) is 11.9. The van der Waals surface area contributed by atoms with Gasteiger partial charge in [-0.25, -0.2) is 17.8 Å². The van der Waals surface area contributed by atoms with Gasteiger partial charge in [-0.1, -0.05) is 35.3 Å². The van der Waals surface area contributed by atoms with Gasteiger partial charge in [-0.3, -0.25) is 4.79 Å². The highest BCUT2D eigenvalue weighted by Crippen LogP contribution is 2.32. The highest BCUT2D eigenvalue weighted by molar-refractivity contribution is 7.90. The van der Waals surface area contributed by atoms with Crippen LogP contribution in [0.1, 0.15) is 54.3 Å². The van der Waals surface area contributed by atoms with Gasteiger partial charge < -0.3 is 9.47 Å². The van der Waals surface area contributed by atoms with E-state index in [0.717, 1.165) is 12.8 Å². The molecule has 1 aromatic heterocycles. The number of aromatic nitrogens is 2. The molecule has 0 bridgehead atoms. The summed E-state index contributed by atoms with van der Waals surface area (Å²) < 4.78 is 41.4. The molecule has 1 amide bonds. The van der Waals surface area contributed by atoms with Crippen LogP contribution in [0.3, 0.4) is 0 Å². The van der Waals surface area contributed by atoms with Crippen molar-refractivity contribution >= 4 is 38.9 Å². The van der Waals surface area contributed by atoms with Crippen LogP contribution < -0.4 is 0 Å². The van der Waals surface area contributed by atoms with Gasteiger partial charge >= 0.3 is 0 Å². The maximum Gasteiger partial charge on any atom is 0.255 e. The molecule has 0 unspecified atom stereocenters. The molecule has 0 aliphatic heterocycles. The van der Waals surface area contributed by atoms with E-state index in [2.05, 4.69) is 4.98 Å². The van der Waals surface area contributed by atoms with Crippen LogP contribution >= 0.6 is 23.2 Å². The van der Waals surface area contributed by atoms with Gasteiger partial charge in [0, 0.05) is 17.6 Å². The third-order valence-electron chi connectivity index (χ3n) is 5.88. The van der Waals surface area contributed by atoms with Crippen molar-refractivity contribution in [1.82, 2.24) is 14.5 Å². The van der Waals surface area contributed by atoms with E-state index in [4.69, 9.17) is 23.2 Å². The van der Waals surface area contributed by atoms with Crippen molar-refractivity contribution in [2.45, 2.75) is 50.2 Å². The van der Waals surface area contributed by atoms with Crippen LogP contribution in [0.25, 0.3) is 0 Å². The number of benzene rings is 2. The van der Waals surface area contributed by atoms with E-state index >= 15 is 0 Å². The van der Waals surface area contributed by atoms with E-state index in [1.165, 1.54) is 36.5 Å². The number of rotatable bonds is 9. The first-order chi connectivity index (χ1) is 16.5. The molecule has 6 nitrogen and oxygen atoms in total. The summed E-state index contributed by atoms with van der Waals surface area (Å²) in [4.78, 5) is 19.4. The number of halogens is 3. The van der Waals surface area contributed by atoms with Crippen LogP contribution in [0, 0.1) is 11.7 Å². The Kier molecular flexibility index (Phi) is 7.54. The lowest BCUT2D eigenvalue weighted by Gasteiger charge is -2.25. The van der Waals surface area contributed by atoms with Crippen molar-refractivity contribution < 1.29 is 17.6 Å².